The molecule has 0 unspecified atom stereocenters. The number of nitrogens with one attached hydrogen (secondary N) is 1. The molecule has 11 nitrogen and oxygen atoms in total. The molecule has 1 aromatic heterocycles. The van der Waals surface area contributed by atoms with Crippen molar-refractivity contribution in [2.45, 2.75) is 39.0 Å². The molecule has 44 heavy (non-hydrogen) atoms. The average Bonchev–Trinajstić information content (AvgIpc) is 3.02. The molecule has 0 saturated carbocycles. The summed E-state index contributed by atoms with van der Waals surface area (Å²) in [5.41, 5.74) is 1.66. The third-order valence-corrected chi connectivity index (χ3v) is 7.42. The van der Waals surface area contributed by atoms with Gasteiger partial charge in [0.15, 0.2) is 0 Å². The summed E-state index contributed by atoms with van der Waals surface area (Å²) in [6, 6.07) is 15.4. The lowest BCUT2D eigenvalue weighted by molar-refractivity contribution is -0.124. The van der Waals surface area contributed by atoms with Crippen LogP contribution >= 0.6 is 0 Å². The van der Waals surface area contributed by atoms with Crippen LogP contribution in [-0.2, 0) is 16.1 Å². The van der Waals surface area contributed by atoms with Crippen LogP contribution in [0.3, 0.4) is 0 Å². The summed E-state index contributed by atoms with van der Waals surface area (Å²) in [6.07, 6.45) is 1.51. The second-order valence-corrected chi connectivity index (χ2v) is 11.5. The van der Waals surface area contributed by atoms with Crippen molar-refractivity contribution >= 4 is 17.7 Å². The molecule has 3 aromatic rings. The zero-order valence-corrected chi connectivity index (χ0v) is 25.4. The maximum absolute atomic E-state index is 13.4. The van der Waals surface area contributed by atoms with Gasteiger partial charge in [0.05, 0.1) is 39.0 Å². The zero-order valence-electron chi connectivity index (χ0n) is 25.4. The van der Waals surface area contributed by atoms with E-state index in [1.165, 1.54) is 18.2 Å². The van der Waals surface area contributed by atoms with E-state index in [1.54, 1.807) is 42.3 Å². The normalized spacial score (nSPS) is 19.1. The Balaban J connectivity index is 1.41. The van der Waals surface area contributed by atoms with Gasteiger partial charge >= 0.3 is 0 Å². The minimum absolute atomic E-state index is 0.159. The maximum Gasteiger partial charge on any atom is 0.254 e. The van der Waals surface area contributed by atoms with Gasteiger partial charge in [-0.3, -0.25) is 14.4 Å². The largest absolute Gasteiger partial charge is 0.493 e. The summed E-state index contributed by atoms with van der Waals surface area (Å²) in [7, 11) is 3.08. The van der Waals surface area contributed by atoms with Crippen molar-refractivity contribution < 1.29 is 33.3 Å². The van der Waals surface area contributed by atoms with Crippen molar-refractivity contribution in [3.8, 4) is 23.1 Å². The van der Waals surface area contributed by atoms with E-state index in [2.05, 4.69) is 10.3 Å². The molecular weight excluding hydrogens is 564 g/mol. The average molecular weight is 603 g/mol. The van der Waals surface area contributed by atoms with Gasteiger partial charge in [0, 0.05) is 49.6 Å². The first kappa shape index (κ1) is 30.8. The quantitative estimate of drug-likeness (QED) is 0.467. The summed E-state index contributed by atoms with van der Waals surface area (Å²) in [5, 5.41) is 3.05. The highest BCUT2D eigenvalue weighted by atomic mass is 16.5. The fraction of sp³-hybridized carbons (Fsp3) is 0.394. The number of hydrogen-bond donors (Lipinski definition) is 1. The van der Waals surface area contributed by atoms with E-state index in [1.807, 2.05) is 38.1 Å². The van der Waals surface area contributed by atoms with Gasteiger partial charge in [-0.15, -0.1) is 0 Å². The van der Waals surface area contributed by atoms with Crippen LogP contribution in [0.4, 0.5) is 0 Å². The number of benzene rings is 2. The number of carbonyl (C=O) groups is 3. The fourth-order valence-electron chi connectivity index (χ4n) is 5.17. The molecule has 2 aliphatic rings. The predicted octanol–water partition coefficient (Wildman–Crippen LogP) is 3.92. The first-order chi connectivity index (χ1) is 21.2. The summed E-state index contributed by atoms with van der Waals surface area (Å²) < 4.78 is 23.6. The van der Waals surface area contributed by atoms with E-state index in [9.17, 15) is 14.4 Å². The molecule has 2 atom stereocenters. The minimum Gasteiger partial charge on any atom is -0.493 e. The molecule has 5 rings (SSSR count). The van der Waals surface area contributed by atoms with Gasteiger partial charge in [-0.05, 0) is 48.2 Å². The van der Waals surface area contributed by atoms with Crippen LogP contribution in [0.25, 0.3) is 0 Å². The molecule has 0 radical (unpaired) electrons. The molecule has 11 heteroatoms. The van der Waals surface area contributed by atoms with E-state index in [-0.39, 0.29) is 43.5 Å². The Morgan fingerprint density at radius 2 is 1.95 bits per heavy atom. The molecule has 1 fully saturated rings. The molecule has 3 amide bonds. The Labute approximate surface area is 257 Å². The number of nitrogens with zero attached hydrogens (tertiary/aromatic N) is 3. The molecule has 0 aliphatic carbocycles. The summed E-state index contributed by atoms with van der Waals surface area (Å²) in [6.45, 7) is 5.32. The zero-order chi connectivity index (χ0) is 31.2. The van der Waals surface area contributed by atoms with Crippen LogP contribution in [0.15, 0.2) is 60.8 Å². The molecular formula is C33H38N4O7. The van der Waals surface area contributed by atoms with E-state index >= 15 is 0 Å². The van der Waals surface area contributed by atoms with Crippen LogP contribution in [0.2, 0.25) is 0 Å². The van der Waals surface area contributed by atoms with Crippen molar-refractivity contribution in [3.63, 3.8) is 0 Å². The van der Waals surface area contributed by atoms with Gasteiger partial charge in [0.2, 0.25) is 11.8 Å². The van der Waals surface area contributed by atoms with Crippen molar-refractivity contribution in [2.24, 2.45) is 5.92 Å². The minimum atomic E-state index is -0.493. The van der Waals surface area contributed by atoms with Crippen LogP contribution in [-0.4, -0.2) is 85.0 Å². The van der Waals surface area contributed by atoms with E-state index in [4.69, 9.17) is 18.9 Å². The summed E-state index contributed by atoms with van der Waals surface area (Å²) in [4.78, 5) is 47.2. The van der Waals surface area contributed by atoms with Crippen molar-refractivity contribution in [3.05, 3.63) is 77.5 Å². The monoisotopic (exact) mass is 602 g/mol. The molecule has 232 valence electrons. The number of likely N-dealkylation sites (N-methyl/N-ethyl adjacent to an activating group) is 1. The Bertz CT molecular complexity index is 1510. The second-order valence-electron chi connectivity index (χ2n) is 11.5. The van der Waals surface area contributed by atoms with Crippen LogP contribution < -0.4 is 19.5 Å². The Morgan fingerprint density at radius 3 is 2.75 bits per heavy atom. The van der Waals surface area contributed by atoms with Crippen LogP contribution in [0.5, 0.6) is 23.1 Å². The number of ether oxygens (including phenoxy) is 4. The highest BCUT2D eigenvalue weighted by Gasteiger charge is 2.34. The van der Waals surface area contributed by atoms with Crippen molar-refractivity contribution in [1.29, 1.82) is 0 Å². The topological polar surface area (TPSA) is 120 Å². The summed E-state index contributed by atoms with van der Waals surface area (Å²) >= 11 is 0. The predicted molar refractivity (Wildman–Crippen MR) is 162 cm³/mol. The number of rotatable bonds is 5. The first-order valence-electron chi connectivity index (χ1n) is 14.7. The van der Waals surface area contributed by atoms with Gasteiger partial charge < -0.3 is 34.1 Å². The molecule has 1 N–H and O–H groups in total. The van der Waals surface area contributed by atoms with Crippen molar-refractivity contribution in [1.82, 2.24) is 20.1 Å². The van der Waals surface area contributed by atoms with Crippen LogP contribution in [0.1, 0.15) is 46.5 Å². The first-order valence-corrected chi connectivity index (χ1v) is 14.7. The van der Waals surface area contributed by atoms with E-state index < -0.39 is 6.10 Å². The van der Waals surface area contributed by atoms with E-state index in [0.29, 0.717) is 59.7 Å². The smallest absolute Gasteiger partial charge is 0.254 e. The second kappa shape index (κ2) is 13.8. The Hall–Kier alpha value is -4.64. The number of carbonyl (C=O) groups excluding carboxylic acids is 3. The number of piperidine rings is 1. The number of aromatic nitrogens is 1. The number of methoxy groups -OCH3 is 1. The van der Waals surface area contributed by atoms with Gasteiger partial charge in [-0.25, -0.2) is 4.98 Å². The standard InChI is InChI=1S/C33H38N4O7/c1-21(2)19-42-26-13-24-14-27(16-26)44-25-7-5-6-22(12-25)20-43-29-17-37(33(40)23-8-10-34-31(15-23)41-4)11-9-28(29)35-30(38)18-36(3)32(24)39/h5-8,10,12-16,21,28-29H,9,11,17-20H2,1-4H3,(H,35,38)/t28-,29-/m0/s1. The van der Waals surface area contributed by atoms with Gasteiger partial charge in [-0.2, -0.15) is 0 Å². The van der Waals surface area contributed by atoms with Gasteiger partial charge in [-0.1, -0.05) is 26.0 Å². The highest BCUT2D eigenvalue weighted by Crippen LogP contribution is 2.30. The molecule has 1 saturated heterocycles. The third-order valence-electron chi connectivity index (χ3n) is 7.42. The number of hydrogen-bond acceptors (Lipinski definition) is 8. The highest BCUT2D eigenvalue weighted by molar-refractivity contribution is 5.97. The van der Waals surface area contributed by atoms with Crippen molar-refractivity contribution in [2.75, 3.05) is 40.4 Å². The number of likely N-dealkylation sites (tertiary alicyclic amines) is 1. The Morgan fingerprint density at radius 1 is 1.11 bits per heavy atom. The lowest BCUT2D eigenvalue weighted by Crippen LogP contribution is -2.57. The fourth-order valence-corrected chi connectivity index (χ4v) is 5.17. The van der Waals surface area contributed by atoms with Crippen LogP contribution in [0, 0.1) is 5.92 Å². The molecule has 0 spiro atoms. The molecule has 3 heterocycles. The molecule has 2 aromatic carbocycles. The molecule has 2 aliphatic heterocycles. The summed E-state index contributed by atoms with van der Waals surface area (Å²) in [5.74, 6) is 1.31. The molecule has 4 bridgehead atoms. The third kappa shape index (κ3) is 7.65. The van der Waals surface area contributed by atoms with Gasteiger partial charge in [0.25, 0.3) is 11.8 Å². The number of pyridine rings is 1. The number of amides is 3. The number of fused-ring (bicyclic) bond motifs is 5. The lowest BCUT2D eigenvalue weighted by atomic mass is 10.00. The lowest BCUT2D eigenvalue weighted by Gasteiger charge is -2.39. The Kier molecular flexibility index (Phi) is 9.64. The van der Waals surface area contributed by atoms with Gasteiger partial charge in [0.1, 0.15) is 17.2 Å². The maximum atomic E-state index is 13.4. The van der Waals surface area contributed by atoms with E-state index in [0.717, 1.165) is 5.56 Å². The SMILES string of the molecule is COc1cc(C(=O)N2CC[C@@H]3NC(=O)CN(C)C(=O)c4cc(OCC(C)C)cc(c4)Oc4cccc(c4)CO[C@H]3C2)ccn1.